The summed E-state index contributed by atoms with van der Waals surface area (Å²) in [5.74, 6) is 0.720. The maximum atomic E-state index is 13.7. The van der Waals surface area contributed by atoms with Crippen molar-refractivity contribution < 1.29 is 9.18 Å². The van der Waals surface area contributed by atoms with Crippen LogP contribution in [0.15, 0.2) is 41.4 Å². The van der Waals surface area contributed by atoms with Crippen molar-refractivity contribution >= 4 is 41.7 Å². The van der Waals surface area contributed by atoms with Crippen LogP contribution < -0.4 is 16.0 Å². The Bertz CT molecular complexity index is 828. The molecule has 0 radical (unpaired) electrons. The number of guanidine groups is 1. The van der Waals surface area contributed by atoms with Gasteiger partial charge >= 0.3 is 0 Å². The van der Waals surface area contributed by atoms with Crippen molar-refractivity contribution in [3.63, 3.8) is 0 Å². The van der Waals surface area contributed by atoms with Gasteiger partial charge in [0.25, 0.3) is 0 Å². The van der Waals surface area contributed by atoms with Crippen LogP contribution in [0.3, 0.4) is 0 Å². The number of anilines is 1. The Labute approximate surface area is 182 Å². The molecule has 1 aromatic carbocycles. The van der Waals surface area contributed by atoms with E-state index in [-0.39, 0.29) is 48.2 Å². The molecule has 0 spiro atoms. The van der Waals surface area contributed by atoms with Gasteiger partial charge in [-0.1, -0.05) is 18.2 Å². The Hall–Kier alpha value is -2.23. The number of amides is 1. The molecule has 0 bridgehead atoms. The van der Waals surface area contributed by atoms with Gasteiger partial charge in [-0.25, -0.2) is 9.37 Å². The molecule has 0 saturated carbocycles. The molecule has 0 aliphatic heterocycles. The summed E-state index contributed by atoms with van der Waals surface area (Å²) in [6, 6.07) is 10.5. The Morgan fingerprint density at radius 1 is 1.25 bits per heavy atom. The third-order valence-corrected chi connectivity index (χ3v) is 4.07. The first-order valence-corrected chi connectivity index (χ1v) is 8.85. The van der Waals surface area contributed by atoms with Crippen LogP contribution in [0.2, 0.25) is 0 Å². The predicted octanol–water partition coefficient (Wildman–Crippen LogP) is 3.71. The van der Waals surface area contributed by atoms with Gasteiger partial charge in [0.1, 0.15) is 11.6 Å². The second kappa shape index (κ2) is 11.6. The summed E-state index contributed by atoms with van der Waals surface area (Å²) in [6.45, 7) is 5.93. The van der Waals surface area contributed by atoms with Crippen molar-refractivity contribution in [1.29, 1.82) is 0 Å². The average molecular weight is 499 g/mol. The molecular weight excluding hydrogens is 472 g/mol. The monoisotopic (exact) mass is 499 g/mol. The zero-order valence-electron chi connectivity index (χ0n) is 16.5. The molecule has 28 heavy (non-hydrogen) atoms. The van der Waals surface area contributed by atoms with Gasteiger partial charge in [0.05, 0.1) is 6.04 Å². The molecule has 0 fully saturated rings. The normalized spacial score (nSPS) is 12.0. The summed E-state index contributed by atoms with van der Waals surface area (Å²) in [5, 5.41) is 9.04. The Morgan fingerprint density at radius 3 is 2.64 bits per heavy atom. The summed E-state index contributed by atoms with van der Waals surface area (Å²) in [5.41, 5.74) is 2.28. The largest absolute Gasteiger partial charge is 0.356 e. The van der Waals surface area contributed by atoms with E-state index < -0.39 is 0 Å². The van der Waals surface area contributed by atoms with Crippen LogP contribution in [0.4, 0.5) is 10.2 Å². The van der Waals surface area contributed by atoms with E-state index in [1.54, 1.807) is 26.1 Å². The predicted molar refractivity (Wildman–Crippen MR) is 122 cm³/mol. The Morgan fingerprint density at radius 2 is 2.00 bits per heavy atom. The van der Waals surface area contributed by atoms with E-state index in [0.717, 1.165) is 11.3 Å². The molecule has 1 aromatic heterocycles. The average Bonchev–Trinajstić information content (AvgIpc) is 2.63. The summed E-state index contributed by atoms with van der Waals surface area (Å²) >= 11 is 0. The molecule has 2 rings (SSSR count). The highest BCUT2D eigenvalue weighted by Gasteiger charge is 2.10. The number of rotatable bonds is 6. The number of carbonyl (C=O) groups is 1. The van der Waals surface area contributed by atoms with E-state index in [0.29, 0.717) is 23.9 Å². The molecule has 3 N–H and O–H groups in total. The van der Waals surface area contributed by atoms with E-state index in [1.165, 1.54) is 6.07 Å². The molecule has 8 heteroatoms. The van der Waals surface area contributed by atoms with Crippen LogP contribution in [0.25, 0.3) is 0 Å². The molecule has 1 heterocycles. The van der Waals surface area contributed by atoms with Crippen LogP contribution >= 0.6 is 24.0 Å². The van der Waals surface area contributed by atoms with E-state index in [1.807, 2.05) is 32.0 Å². The van der Waals surface area contributed by atoms with Gasteiger partial charge in [-0.05, 0) is 50.1 Å². The van der Waals surface area contributed by atoms with Crippen molar-refractivity contribution in [2.45, 2.75) is 33.2 Å². The van der Waals surface area contributed by atoms with Crippen molar-refractivity contribution in [2.24, 2.45) is 4.99 Å². The summed E-state index contributed by atoms with van der Waals surface area (Å²) < 4.78 is 13.7. The second-order valence-electron chi connectivity index (χ2n) is 6.34. The van der Waals surface area contributed by atoms with E-state index in [4.69, 9.17) is 0 Å². The molecular formula is C20H27FIN5O. The SMILES string of the molecule is CN=C(NCCC(=O)Nc1cccc(C)n1)NC(C)c1ccc(C)c(F)c1.I. The Balaban J connectivity index is 0.00000392. The van der Waals surface area contributed by atoms with Crippen molar-refractivity contribution in [1.82, 2.24) is 15.6 Å². The van der Waals surface area contributed by atoms with Gasteiger partial charge in [-0.3, -0.25) is 9.79 Å². The summed E-state index contributed by atoms with van der Waals surface area (Å²) in [4.78, 5) is 20.4. The quantitative estimate of drug-likeness (QED) is 0.322. The third-order valence-electron chi connectivity index (χ3n) is 4.07. The molecule has 0 saturated heterocycles. The first-order chi connectivity index (χ1) is 12.9. The molecule has 1 unspecified atom stereocenters. The van der Waals surface area contributed by atoms with Crippen molar-refractivity contribution in [3.8, 4) is 0 Å². The number of nitrogens with zero attached hydrogens (tertiary/aromatic N) is 2. The zero-order chi connectivity index (χ0) is 19.8. The molecule has 6 nitrogen and oxygen atoms in total. The highest BCUT2D eigenvalue weighted by molar-refractivity contribution is 14.0. The summed E-state index contributed by atoms with van der Waals surface area (Å²) in [7, 11) is 1.65. The number of carbonyl (C=O) groups excluding carboxylic acids is 1. The number of aryl methyl sites for hydroxylation is 2. The maximum Gasteiger partial charge on any atom is 0.227 e. The standard InChI is InChI=1S/C20H26FN5O.HI/c1-13-8-9-16(12-17(13)21)15(3)25-20(22-4)23-11-10-19(27)26-18-7-5-6-14(2)24-18;/h5-9,12,15H,10-11H2,1-4H3,(H2,22,23,25)(H,24,26,27);1H. The van der Waals surface area contributed by atoms with Crippen LogP contribution in [-0.2, 0) is 4.79 Å². The van der Waals surface area contributed by atoms with E-state index in [9.17, 15) is 9.18 Å². The molecule has 152 valence electrons. The van der Waals surface area contributed by atoms with Crippen molar-refractivity contribution in [3.05, 3.63) is 59.0 Å². The topological polar surface area (TPSA) is 78.4 Å². The number of hydrogen-bond acceptors (Lipinski definition) is 3. The fourth-order valence-corrected chi connectivity index (χ4v) is 2.47. The smallest absolute Gasteiger partial charge is 0.227 e. The molecule has 0 aliphatic carbocycles. The number of pyridine rings is 1. The lowest BCUT2D eigenvalue weighted by atomic mass is 10.1. The number of aromatic nitrogens is 1. The zero-order valence-corrected chi connectivity index (χ0v) is 18.9. The van der Waals surface area contributed by atoms with Crippen LogP contribution in [0.1, 0.15) is 36.2 Å². The lowest BCUT2D eigenvalue weighted by Crippen LogP contribution is -2.40. The number of benzene rings is 1. The van der Waals surface area contributed by atoms with Crippen LogP contribution in [0, 0.1) is 19.7 Å². The first kappa shape index (κ1) is 23.8. The lowest BCUT2D eigenvalue weighted by Gasteiger charge is -2.18. The lowest BCUT2D eigenvalue weighted by molar-refractivity contribution is -0.116. The number of aliphatic imine (C=N–C) groups is 1. The molecule has 1 amide bonds. The van der Waals surface area contributed by atoms with Crippen LogP contribution in [-0.4, -0.2) is 30.4 Å². The van der Waals surface area contributed by atoms with Crippen molar-refractivity contribution in [2.75, 3.05) is 18.9 Å². The summed E-state index contributed by atoms with van der Waals surface area (Å²) in [6.07, 6.45) is 0.268. The van der Waals surface area contributed by atoms with E-state index in [2.05, 4.69) is 25.9 Å². The molecule has 0 aliphatic rings. The minimum atomic E-state index is -0.231. The fourth-order valence-electron chi connectivity index (χ4n) is 2.47. The van der Waals surface area contributed by atoms with Gasteiger partial charge in [0, 0.05) is 25.7 Å². The molecule has 1 atom stereocenters. The minimum Gasteiger partial charge on any atom is -0.356 e. The van der Waals surface area contributed by atoms with Gasteiger partial charge in [-0.15, -0.1) is 24.0 Å². The molecule has 2 aromatic rings. The number of hydrogen-bond donors (Lipinski definition) is 3. The van der Waals surface area contributed by atoms with Gasteiger partial charge in [0.2, 0.25) is 5.91 Å². The van der Waals surface area contributed by atoms with Gasteiger partial charge in [-0.2, -0.15) is 0 Å². The number of nitrogens with one attached hydrogen (secondary N) is 3. The second-order valence-corrected chi connectivity index (χ2v) is 6.34. The minimum absolute atomic E-state index is 0. The van der Waals surface area contributed by atoms with Crippen LogP contribution in [0.5, 0.6) is 0 Å². The van der Waals surface area contributed by atoms with Gasteiger partial charge < -0.3 is 16.0 Å². The Kier molecular flexibility index (Phi) is 9.84. The fraction of sp³-hybridized carbons (Fsp3) is 0.350. The highest BCUT2D eigenvalue weighted by Crippen LogP contribution is 2.16. The van der Waals surface area contributed by atoms with E-state index >= 15 is 0 Å². The maximum absolute atomic E-state index is 13.7. The number of halogens is 2. The van der Waals surface area contributed by atoms with Gasteiger partial charge in [0.15, 0.2) is 5.96 Å². The first-order valence-electron chi connectivity index (χ1n) is 8.85. The highest BCUT2D eigenvalue weighted by atomic mass is 127. The third kappa shape index (κ3) is 7.41.